The van der Waals surface area contributed by atoms with Crippen molar-refractivity contribution in [2.24, 2.45) is 0 Å². The van der Waals surface area contributed by atoms with Gasteiger partial charge in [0.2, 0.25) is 11.8 Å². The highest BCUT2D eigenvalue weighted by molar-refractivity contribution is 6.41. The monoisotopic (exact) mass is 562 g/mol. The number of carbonyl (C=O) groups is 1. The molecule has 1 saturated heterocycles. The fourth-order valence-electron chi connectivity index (χ4n) is 4.33. The molecule has 0 bridgehead atoms. The Balaban J connectivity index is 1.81. The molecule has 1 aliphatic rings. The van der Waals surface area contributed by atoms with E-state index in [9.17, 15) is 4.79 Å². The van der Waals surface area contributed by atoms with E-state index in [1.807, 2.05) is 0 Å². The standard InChI is InChI=1S/C26H28Cl2N4O6/c1-6-20(33)30-15-7-8-38-12-17(15)31-25-24(36-4)14-11-29-16(9-13(14)26(32-25)37-5)21-22(27)18(34-2)10-19(35-3)23(21)28/h6,9-11,15,17H,1,7-8,12H2,2-5H3,(H,30,33)(H,31,32)/t15-,17+/m0/s1. The number of amides is 1. The number of aromatic nitrogens is 2. The molecule has 1 fully saturated rings. The fourth-order valence-corrected chi connectivity index (χ4v) is 5.03. The Kier molecular flexibility index (Phi) is 8.65. The molecule has 0 spiro atoms. The molecule has 38 heavy (non-hydrogen) atoms. The number of nitrogens with one attached hydrogen (secondary N) is 2. The van der Waals surface area contributed by atoms with Crippen molar-refractivity contribution in [3.05, 3.63) is 41.0 Å². The summed E-state index contributed by atoms with van der Waals surface area (Å²) in [4.78, 5) is 21.3. The summed E-state index contributed by atoms with van der Waals surface area (Å²) < 4.78 is 27.8. The second kappa shape index (κ2) is 11.9. The van der Waals surface area contributed by atoms with Crippen LogP contribution >= 0.6 is 23.2 Å². The Morgan fingerprint density at radius 3 is 2.37 bits per heavy atom. The Hall–Kier alpha value is -3.47. The van der Waals surface area contributed by atoms with E-state index in [0.29, 0.717) is 70.6 Å². The van der Waals surface area contributed by atoms with Crippen molar-refractivity contribution in [3.63, 3.8) is 0 Å². The third kappa shape index (κ3) is 5.24. The first-order valence-electron chi connectivity index (χ1n) is 11.7. The summed E-state index contributed by atoms with van der Waals surface area (Å²) in [7, 11) is 6.06. The van der Waals surface area contributed by atoms with Gasteiger partial charge in [-0.15, -0.1) is 0 Å². The van der Waals surface area contributed by atoms with Crippen molar-refractivity contribution >= 4 is 45.7 Å². The van der Waals surface area contributed by atoms with Gasteiger partial charge < -0.3 is 34.3 Å². The zero-order valence-corrected chi connectivity index (χ0v) is 22.9. The van der Waals surface area contributed by atoms with E-state index in [0.717, 1.165) is 0 Å². The smallest absolute Gasteiger partial charge is 0.243 e. The van der Waals surface area contributed by atoms with Crippen LogP contribution in [0.25, 0.3) is 22.0 Å². The third-order valence-electron chi connectivity index (χ3n) is 6.23. The highest BCUT2D eigenvalue weighted by Gasteiger charge is 2.29. The van der Waals surface area contributed by atoms with Gasteiger partial charge in [0.1, 0.15) is 11.5 Å². The van der Waals surface area contributed by atoms with Gasteiger partial charge in [-0.2, -0.15) is 4.98 Å². The van der Waals surface area contributed by atoms with Crippen LogP contribution in [0, 0.1) is 0 Å². The molecule has 2 atom stereocenters. The zero-order valence-electron chi connectivity index (χ0n) is 21.4. The lowest BCUT2D eigenvalue weighted by Crippen LogP contribution is -2.52. The summed E-state index contributed by atoms with van der Waals surface area (Å²) in [5, 5.41) is 8.11. The topological polar surface area (TPSA) is 113 Å². The SMILES string of the molecule is C=CC(=O)N[C@H]1CCOC[C@H]1Nc1nc(OC)c2cc(-c3c(Cl)c(OC)cc(OC)c3Cl)ncc2c1OC. The average molecular weight is 563 g/mol. The van der Waals surface area contributed by atoms with Crippen molar-refractivity contribution in [1.29, 1.82) is 0 Å². The van der Waals surface area contributed by atoms with Crippen LogP contribution in [0.1, 0.15) is 6.42 Å². The molecule has 0 aliphatic carbocycles. The third-order valence-corrected chi connectivity index (χ3v) is 6.98. The summed E-state index contributed by atoms with van der Waals surface area (Å²) in [6, 6.07) is 2.90. The van der Waals surface area contributed by atoms with Crippen LogP contribution < -0.4 is 29.6 Å². The number of halogens is 2. The minimum absolute atomic E-state index is 0.199. The lowest BCUT2D eigenvalue weighted by Gasteiger charge is -2.33. The molecule has 12 heteroatoms. The Morgan fingerprint density at radius 1 is 1.05 bits per heavy atom. The maximum atomic E-state index is 12.0. The van der Waals surface area contributed by atoms with Crippen LogP contribution in [-0.2, 0) is 9.53 Å². The number of nitrogens with zero attached hydrogens (tertiary/aromatic N) is 2. The van der Waals surface area contributed by atoms with Crippen molar-refractivity contribution in [2.45, 2.75) is 18.5 Å². The van der Waals surface area contributed by atoms with E-state index < -0.39 is 0 Å². The van der Waals surface area contributed by atoms with Crippen molar-refractivity contribution in [3.8, 4) is 34.4 Å². The number of fused-ring (bicyclic) bond motifs is 1. The zero-order chi connectivity index (χ0) is 27.4. The summed E-state index contributed by atoms with van der Waals surface area (Å²) in [6.45, 7) is 4.42. The van der Waals surface area contributed by atoms with Gasteiger partial charge in [-0.05, 0) is 18.6 Å². The first-order valence-corrected chi connectivity index (χ1v) is 12.4. The van der Waals surface area contributed by atoms with Crippen LogP contribution in [0.4, 0.5) is 5.82 Å². The largest absolute Gasteiger partial charge is 0.495 e. The lowest BCUT2D eigenvalue weighted by atomic mass is 10.0. The van der Waals surface area contributed by atoms with Crippen LogP contribution in [0.5, 0.6) is 23.1 Å². The number of anilines is 1. The molecular weight excluding hydrogens is 535 g/mol. The summed E-state index contributed by atoms with van der Waals surface area (Å²) in [5.74, 6) is 1.69. The minimum Gasteiger partial charge on any atom is -0.495 e. The number of carbonyl (C=O) groups excluding carboxylic acids is 1. The van der Waals surface area contributed by atoms with Crippen LogP contribution in [0.15, 0.2) is 31.0 Å². The van der Waals surface area contributed by atoms with E-state index in [2.05, 4.69) is 27.2 Å². The minimum atomic E-state index is -0.273. The molecule has 3 aromatic rings. The lowest BCUT2D eigenvalue weighted by molar-refractivity contribution is -0.117. The number of hydrogen-bond acceptors (Lipinski definition) is 9. The number of methoxy groups -OCH3 is 4. The van der Waals surface area contributed by atoms with E-state index >= 15 is 0 Å². The summed E-state index contributed by atoms with van der Waals surface area (Å²) >= 11 is 13.2. The number of ether oxygens (including phenoxy) is 5. The number of hydrogen-bond donors (Lipinski definition) is 2. The second-order valence-corrected chi connectivity index (χ2v) is 9.09. The maximum Gasteiger partial charge on any atom is 0.243 e. The Bertz CT molecular complexity index is 1340. The molecule has 1 amide bonds. The Labute approximate surface area is 230 Å². The van der Waals surface area contributed by atoms with Gasteiger partial charge in [0, 0.05) is 24.4 Å². The first kappa shape index (κ1) is 27.6. The molecule has 1 aromatic carbocycles. The molecule has 2 aromatic heterocycles. The number of benzene rings is 1. The molecule has 0 saturated carbocycles. The first-order chi connectivity index (χ1) is 18.4. The van der Waals surface area contributed by atoms with Crippen molar-refractivity contribution in [2.75, 3.05) is 47.0 Å². The second-order valence-electron chi connectivity index (χ2n) is 8.34. The molecular formula is C26H28Cl2N4O6. The van der Waals surface area contributed by atoms with Crippen LogP contribution in [-0.4, -0.2) is 69.6 Å². The van der Waals surface area contributed by atoms with E-state index in [1.165, 1.54) is 34.5 Å². The van der Waals surface area contributed by atoms with Crippen molar-refractivity contribution < 1.29 is 28.5 Å². The van der Waals surface area contributed by atoms with E-state index in [-0.39, 0.29) is 28.0 Å². The van der Waals surface area contributed by atoms with E-state index in [4.69, 9.17) is 46.9 Å². The van der Waals surface area contributed by atoms with Gasteiger partial charge in [-0.1, -0.05) is 29.8 Å². The van der Waals surface area contributed by atoms with Gasteiger partial charge in [-0.25, -0.2) is 0 Å². The predicted octanol–water partition coefficient (Wildman–Crippen LogP) is 4.51. The van der Waals surface area contributed by atoms with Crippen LogP contribution in [0.2, 0.25) is 10.0 Å². The van der Waals surface area contributed by atoms with Crippen LogP contribution in [0.3, 0.4) is 0 Å². The molecule has 0 radical (unpaired) electrons. The number of pyridine rings is 2. The molecule has 10 nitrogen and oxygen atoms in total. The normalized spacial score (nSPS) is 17.0. The molecule has 202 valence electrons. The molecule has 2 N–H and O–H groups in total. The molecule has 3 heterocycles. The Morgan fingerprint density at radius 2 is 1.76 bits per heavy atom. The highest BCUT2D eigenvalue weighted by Crippen LogP contribution is 2.47. The van der Waals surface area contributed by atoms with Gasteiger partial charge in [0.25, 0.3) is 0 Å². The van der Waals surface area contributed by atoms with Gasteiger partial charge >= 0.3 is 0 Å². The average Bonchev–Trinajstić information content (AvgIpc) is 2.93. The molecule has 0 unspecified atom stereocenters. The van der Waals surface area contributed by atoms with Gasteiger partial charge in [-0.3, -0.25) is 9.78 Å². The van der Waals surface area contributed by atoms with Gasteiger partial charge in [0.15, 0.2) is 11.6 Å². The summed E-state index contributed by atoms with van der Waals surface area (Å²) in [6.07, 6.45) is 3.50. The number of rotatable bonds is 9. The highest BCUT2D eigenvalue weighted by atomic mass is 35.5. The summed E-state index contributed by atoms with van der Waals surface area (Å²) in [5.41, 5.74) is 0.898. The van der Waals surface area contributed by atoms with E-state index in [1.54, 1.807) is 18.3 Å². The molecule has 4 rings (SSSR count). The van der Waals surface area contributed by atoms with Gasteiger partial charge in [0.05, 0.1) is 73.6 Å². The fraction of sp³-hybridized carbons (Fsp3) is 0.346. The maximum absolute atomic E-state index is 12.0. The molecule has 1 aliphatic heterocycles. The van der Waals surface area contributed by atoms with Crippen molar-refractivity contribution in [1.82, 2.24) is 15.3 Å². The predicted molar refractivity (Wildman–Crippen MR) is 146 cm³/mol. The quantitative estimate of drug-likeness (QED) is 0.363.